The van der Waals surface area contributed by atoms with Crippen LogP contribution in [0.25, 0.3) is 0 Å². The lowest BCUT2D eigenvalue weighted by Crippen LogP contribution is -2.30. The van der Waals surface area contributed by atoms with Crippen LogP contribution in [0.1, 0.15) is 27.2 Å². The second kappa shape index (κ2) is 9.04. The van der Waals surface area contributed by atoms with Crippen molar-refractivity contribution in [3.8, 4) is 11.5 Å². The van der Waals surface area contributed by atoms with E-state index < -0.39 is 12.0 Å². The van der Waals surface area contributed by atoms with Gasteiger partial charge < -0.3 is 19.9 Å². The van der Waals surface area contributed by atoms with Crippen LogP contribution in [0.15, 0.2) is 24.3 Å². The summed E-state index contributed by atoms with van der Waals surface area (Å²) in [5, 5.41) is 0. The molecule has 0 unspecified atom stereocenters. The topological polar surface area (TPSA) is 87.8 Å². The van der Waals surface area contributed by atoms with Gasteiger partial charge in [-0.15, -0.1) is 0 Å². The summed E-state index contributed by atoms with van der Waals surface area (Å²) in [6.45, 7) is 6.61. The molecule has 0 aromatic heterocycles. The van der Waals surface area contributed by atoms with E-state index in [0.717, 1.165) is 0 Å². The van der Waals surface area contributed by atoms with E-state index in [0.29, 0.717) is 30.6 Å². The highest BCUT2D eigenvalue weighted by Crippen LogP contribution is 2.19. The lowest BCUT2D eigenvalue weighted by molar-refractivity contribution is -0.135. The molecular formula is C16H23NO5. The summed E-state index contributed by atoms with van der Waals surface area (Å²) in [6.07, 6.45) is -0.518. The van der Waals surface area contributed by atoms with E-state index in [2.05, 4.69) is 0 Å². The molecule has 2 N–H and O–H groups in total. The molecule has 0 aliphatic carbocycles. The molecule has 6 heteroatoms. The predicted octanol–water partition coefficient (Wildman–Crippen LogP) is 1.91. The van der Waals surface area contributed by atoms with Crippen LogP contribution in [0.2, 0.25) is 0 Å². The lowest BCUT2D eigenvalue weighted by atomic mass is 10.2. The molecule has 22 heavy (non-hydrogen) atoms. The minimum Gasteiger partial charge on any atom is -0.481 e. The first-order valence-electron chi connectivity index (χ1n) is 7.23. The maximum Gasteiger partial charge on any atom is 0.313 e. The first kappa shape index (κ1) is 18.0. The average Bonchev–Trinajstić information content (AvgIpc) is 2.45. The second-order valence-corrected chi connectivity index (χ2v) is 5.33. The fourth-order valence-corrected chi connectivity index (χ4v) is 1.51. The van der Waals surface area contributed by atoms with Crippen LogP contribution < -0.4 is 15.2 Å². The molecule has 0 saturated heterocycles. The molecule has 6 nitrogen and oxygen atoms in total. The van der Waals surface area contributed by atoms with E-state index in [4.69, 9.17) is 19.9 Å². The van der Waals surface area contributed by atoms with Crippen molar-refractivity contribution < 1.29 is 23.8 Å². The van der Waals surface area contributed by atoms with Crippen molar-refractivity contribution in [2.24, 2.45) is 11.7 Å². The van der Waals surface area contributed by atoms with Crippen molar-refractivity contribution in [1.29, 1.82) is 0 Å². The molecule has 1 rings (SSSR count). The third-order valence-corrected chi connectivity index (χ3v) is 2.67. The third-order valence-electron chi connectivity index (χ3n) is 2.67. The predicted molar refractivity (Wildman–Crippen MR) is 81.6 cm³/mol. The maximum absolute atomic E-state index is 11.6. The Kier molecular flexibility index (Phi) is 7.39. The van der Waals surface area contributed by atoms with Crippen molar-refractivity contribution in [2.45, 2.75) is 33.3 Å². The fraction of sp³-hybridized carbons (Fsp3) is 0.500. The fourth-order valence-electron chi connectivity index (χ4n) is 1.51. The molecule has 1 atom stereocenters. The van der Waals surface area contributed by atoms with Gasteiger partial charge in [0.2, 0.25) is 0 Å². The minimum absolute atomic E-state index is 0.198. The van der Waals surface area contributed by atoms with Crippen LogP contribution in [0.4, 0.5) is 0 Å². The third kappa shape index (κ3) is 7.08. The van der Waals surface area contributed by atoms with E-state index >= 15 is 0 Å². The Labute approximate surface area is 130 Å². The number of esters is 1. The van der Waals surface area contributed by atoms with Crippen LogP contribution in [0.5, 0.6) is 11.5 Å². The second-order valence-electron chi connectivity index (χ2n) is 5.33. The van der Waals surface area contributed by atoms with Crippen LogP contribution >= 0.6 is 0 Å². The molecule has 0 radical (unpaired) electrons. The largest absolute Gasteiger partial charge is 0.481 e. The molecule has 0 fully saturated rings. The summed E-state index contributed by atoms with van der Waals surface area (Å²) in [5.74, 6) is 0.422. The molecule has 0 spiro atoms. The van der Waals surface area contributed by atoms with Gasteiger partial charge in [-0.3, -0.25) is 9.59 Å². The van der Waals surface area contributed by atoms with Gasteiger partial charge in [0, 0.05) is 6.61 Å². The summed E-state index contributed by atoms with van der Waals surface area (Å²) < 4.78 is 15.8. The Hall–Kier alpha value is -2.08. The van der Waals surface area contributed by atoms with Crippen LogP contribution in [0.3, 0.4) is 0 Å². The van der Waals surface area contributed by atoms with E-state index in [1.807, 2.05) is 13.8 Å². The van der Waals surface area contributed by atoms with Gasteiger partial charge >= 0.3 is 5.97 Å². The minimum atomic E-state index is -0.716. The molecule has 1 aromatic rings. The summed E-state index contributed by atoms with van der Waals surface area (Å²) in [4.78, 5) is 22.5. The average molecular weight is 309 g/mol. The molecule has 0 saturated carbocycles. The number of nitrogens with two attached hydrogens (primary N) is 1. The van der Waals surface area contributed by atoms with E-state index in [1.165, 1.54) is 0 Å². The summed E-state index contributed by atoms with van der Waals surface area (Å²) in [7, 11) is 0. The zero-order chi connectivity index (χ0) is 16.5. The van der Waals surface area contributed by atoms with Crippen molar-refractivity contribution in [3.05, 3.63) is 24.3 Å². The maximum atomic E-state index is 11.6. The number of ether oxygens (including phenoxy) is 3. The van der Waals surface area contributed by atoms with Crippen molar-refractivity contribution >= 4 is 11.9 Å². The SMILES string of the molecule is CC(C)COCCC(=O)Oc1ccc(O[C@H](C)C(N)=O)cc1. The molecular weight excluding hydrogens is 286 g/mol. The van der Waals surface area contributed by atoms with Gasteiger partial charge in [0.05, 0.1) is 13.0 Å². The summed E-state index contributed by atoms with van der Waals surface area (Å²) in [6, 6.07) is 6.40. The highest BCUT2D eigenvalue weighted by Gasteiger charge is 2.10. The van der Waals surface area contributed by atoms with Gasteiger partial charge in [0.1, 0.15) is 11.5 Å². The number of rotatable bonds is 9. The van der Waals surface area contributed by atoms with Gasteiger partial charge in [-0.2, -0.15) is 0 Å². The molecule has 0 aliphatic rings. The number of hydrogen-bond acceptors (Lipinski definition) is 5. The van der Waals surface area contributed by atoms with Crippen LogP contribution in [0, 0.1) is 5.92 Å². The van der Waals surface area contributed by atoms with Gasteiger partial charge in [-0.1, -0.05) is 13.8 Å². The smallest absolute Gasteiger partial charge is 0.313 e. The zero-order valence-corrected chi connectivity index (χ0v) is 13.2. The molecule has 1 aromatic carbocycles. The molecule has 0 heterocycles. The Morgan fingerprint density at radius 1 is 1.09 bits per heavy atom. The molecule has 0 aliphatic heterocycles. The standard InChI is InChI=1S/C16H23NO5/c1-11(2)10-20-9-8-15(18)22-14-6-4-13(5-7-14)21-12(3)16(17)19/h4-7,11-12H,8-10H2,1-3H3,(H2,17,19)/t12-/m1/s1. The van der Waals surface area contributed by atoms with E-state index in [9.17, 15) is 9.59 Å². The number of benzene rings is 1. The van der Waals surface area contributed by atoms with Gasteiger partial charge in [0.25, 0.3) is 5.91 Å². The summed E-state index contributed by atoms with van der Waals surface area (Å²) in [5.41, 5.74) is 5.11. The van der Waals surface area contributed by atoms with Crippen molar-refractivity contribution in [2.75, 3.05) is 13.2 Å². The highest BCUT2D eigenvalue weighted by molar-refractivity contribution is 5.78. The Balaban J connectivity index is 2.37. The molecule has 122 valence electrons. The first-order valence-corrected chi connectivity index (χ1v) is 7.23. The van der Waals surface area contributed by atoms with E-state index in [-0.39, 0.29) is 12.4 Å². The normalized spacial score (nSPS) is 12.0. The van der Waals surface area contributed by atoms with E-state index in [1.54, 1.807) is 31.2 Å². The Bertz CT molecular complexity index is 484. The van der Waals surface area contributed by atoms with Gasteiger partial charge in [0.15, 0.2) is 6.10 Å². The van der Waals surface area contributed by atoms with Crippen molar-refractivity contribution in [3.63, 3.8) is 0 Å². The van der Waals surface area contributed by atoms with Gasteiger partial charge in [-0.05, 0) is 37.1 Å². The summed E-state index contributed by atoms with van der Waals surface area (Å²) >= 11 is 0. The zero-order valence-electron chi connectivity index (χ0n) is 13.2. The lowest BCUT2D eigenvalue weighted by Gasteiger charge is -2.11. The first-order chi connectivity index (χ1) is 10.4. The molecule has 1 amide bonds. The monoisotopic (exact) mass is 309 g/mol. The van der Waals surface area contributed by atoms with Crippen molar-refractivity contribution in [1.82, 2.24) is 0 Å². The molecule has 0 bridgehead atoms. The van der Waals surface area contributed by atoms with Crippen LogP contribution in [-0.2, 0) is 14.3 Å². The highest BCUT2D eigenvalue weighted by atomic mass is 16.5. The Morgan fingerprint density at radius 2 is 1.68 bits per heavy atom. The number of carbonyl (C=O) groups excluding carboxylic acids is 2. The quantitative estimate of drug-likeness (QED) is 0.427. The number of primary amides is 1. The van der Waals surface area contributed by atoms with Crippen LogP contribution in [-0.4, -0.2) is 31.2 Å². The number of carbonyl (C=O) groups is 2. The Morgan fingerprint density at radius 3 is 2.23 bits per heavy atom. The number of hydrogen-bond donors (Lipinski definition) is 1. The van der Waals surface area contributed by atoms with Gasteiger partial charge in [-0.25, -0.2) is 0 Å². The number of amides is 1.